The largest absolute Gasteiger partial charge is 0.311 e. The molecule has 0 spiro atoms. The predicted molar refractivity (Wildman–Crippen MR) is 558 cm³/mol. The maximum Gasteiger partial charge on any atom is 0.113 e. The van der Waals surface area contributed by atoms with E-state index in [1.165, 1.54) is 133 Å². The molecule has 0 fully saturated rings. The monoisotopic (exact) mass is 1710 g/mol. The van der Waals surface area contributed by atoms with Crippen molar-refractivity contribution < 1.29 is 0 Å². The molecule has 0 saturated heterocycles. The number of para-hydroxylation sites is 4. The highest BCUT2D eigenvalue weighted by molar-refractivity contribution is 7.00. The van der Waals surface area contributed by atoms with Gasteiger partial charge in [0.1, 0.15) is 11.0 Å². The van der Waals surface area contributed by atoms with Gasteiger partial charge in [-0.2, -0.15) is 8.75 Å². The van der Waals surface area contributed by atoms with Gasteiger partial charge in [0.25, 0.3) is 0 Å². The van der Waals surface area contributed by atoms with Crippen LogP contribution in [0.25, 0.3) is 161 Å². The highest BCUT2D eigenvalue weighted by Crippen LogP contribution is 2.60. The molecule has 18 aromatic carbocycles. The van der Waals surface area contributed by atoms with E-state index >= 15 is 0 Å². The van der Waals surface area contributed by atoms with Crippen LogP contribution in [0.2, 0.25) is 0 Å². The van der Waals surface area contributed by atoms with Crippen LogP contribution < -0.4 is 9.80 Å². The maximum absolute atomic E-state index is 5.21. The minimum absolute atomic E-state index is 0.230. The molecule has 2 aromatic heterocycles. The molecule has 0 amide bonds. The summed E-state index contributed by atoms with van der Waals surface area (Å²) in [5, 5.41) is 2.38. The molecule has 6 heteroatoms. The van der Waals surface area contributed by atoms with Gasteiger partial charge in [-0.15, -0.1) is 0 Å². The molecule has 636 valence electrons. The third-order valence-corrected chi connectivity index (χ3v) is 28.3. The average Bonchev–Trinajstić information content (AvgIpc) is 1.38. The Labute approximate surface area is 775 Å². The lowest BCUT2D eigenvalue weighted by molar-refractivity contribution is 0.266. The summed E-state index contributed by atoms with van der Waals surface area (Å²) >= 11 is 1.31. The van der Waals surface area contributed by atoms with Gasteiger partial charge < -0.3 is 14.4 Å². The van der Waals surface area contributed by atoms with Crippen LogP contribution >= 0.6 is 11.7 Å². The number of rotatable bonds is 29. The molecule has 21 rings (SSSR count). The van der Waals surface area contributed by atoms with Gasteiger partial charge in [0.15, 0.2) is 0 Å². The normalized spacial score (nSPS) is 13.3. The fourth-order valence-corrected chi connectivity index (χ4v) is 21.9. The molecule has 5 nitrogen and oxygen atoms in total. The first-order valence-electron chi connectivity index (χ1n) is 47.1. The zero-order chi connectivity index (χ0) is 88.1. The highest BCUT2D eigenvalue weighted by Gasteiger charge is 2.46. The Balaban J connectivity index is 0.729. The average molecular weight is 1710 g/mol. The second kappa shape index (κ2) is 37.1. The fourth-order valence-electron chi connectivity index (χ4n) is 21.3. The van der Waals surface area contributed by atoms with E-state index in [1.807, 2.05) is 0 Å². The van der Waals surface area contributed by atoms with Crippen LogP contribution in [0.1, 0.15) is 103 Å². The molecule has 20 aromatic rings. The van der Waals surface area contributed by atoms with Crippen LogP contribution in [0.3, 0.4) is 0 Å². The second-order valence-corrected chi connectivity index (χ2v) is 36.0. The molecule has 0 bridgehead atoms. The fraction of sp³-hybridized carbons (Fsp3) is 0.136. The number of anilines is 6. The highest BCUT2D eigenvalue weighted by atomic mass is 32.1. The first-order valence-corrected chi connectivity index (χ1v) is 47.8. The van der Waals surface area contributed by atoms with Gasteiger partial charge in [0, 0.05) is 67.1 Å². The Hall–Kier alpha value is -14.8. The van der Waals surface area contributed by atoms with E-state index in [0.29, 0.717) is 11.8 Å². The molecule has 2 atom stereocenters. The molecule has 0 radical (unpaired) electrons. The van der Waals surface area contributed by atoms with Crippen molar-refractivity contribution in [2.24, 2.45) is 11.8 Å². The molecule has 0 aliphatic heterocycles. The summed E-state index contributed by atoms with van der Waals surface area (Å²) < 4.78 is 12.9. The number of fused-ring (bicyclic) bond motifs is 7. The van der Waals surface area contributed by atoms with Gasteiger partial charge >= 0.3 is 0 Å². The Bertz CT molecular complexity index is 7190. The van der Waals surface area contributed by atoms with E-state index in [9.17, 15) is 0 Å². The maximum atomic E-state index is 5.21. The van der Waals surface area contributed by atoms with E-state index in [1.54, 1.807) is 0 Å². The quantitative estimate of drug-likeness (QED) is 0.0468. The molecule has 2 unspecified atom stereocenters. The first kappa shape index (κ1) is 83.1. The topological polar surface area (TPSA) is 37.2 Å². The van der Waals surface area contributed by atoms with Crippen molar-refractivity contribution in [2.75, 3.05) is 9.80 Å². The Morgan fingerprint density at radius 3 is 0.947 bits per heavy atom. The first-order chi connectivity index (χ1) is 64.8. The van der Waals surface area contributed by atoms with E-state index in [-0.39, 0.29) is 5.41 Å². The second-order valence-electron chi connectivity index (χ2n) is 35.5. The van der Waals surface area contributed by atoms with Gasteiger partial charge in [-0.25, -0.2) is 0 Å². The van der Waals surface area contributed by atoms with Gasteiger partial charge in [-0.05, 0) is 268 Å². The Morgan fingerprint density at radius 2 is 0.565 bits per heavy atom. The van der Waals surface area contributed by atoms with Crippen LogP contribution in [0.5, 0.6) is 0 Å². The summed E-state index contributed by atoms with van der Waals surface area (Å²) in [5.74, 6) is 1.10. The van der Waals surface area contributed by atoms with Crippen molar-refractivity contribution in [2.45, 2.75) is 97.3 Å². The van der Waals surface area contributed by atoms with E-state index in [0.717, 1.165) is 149 Å². The third kappa shape index (κ3) is 15.9. The molecular formula is C125H105N5S. The lowest BCUT2D eigenvalue weighted by atomic mass is 9.65. The predicted octanol–water partition coefficient (Wildman–Crippen LogP) is 35.9. The Kier molecular flexibility index (Phi) is 23.5. The summed E-state index contributed by atoms with van der Waals surface area (Å²) in [4.78, 5) is 4.66. The SMILES string of the molecule is CCCCC(CC)CC1(CC(CC)CCCC)c2ccc(-c3ccc4c(c3)c3cc(-c5ccc(N(c6ccccc6)c6ccccc6)cc5)ccc3n4-c3ccc(-c4c(-c5ccccc5)c(-c5ccccc5)c(-c5ccccc5)c(-c5ccccc5)c4-c4ccccc4)cc3)cc2-c2ccc(-c3ccc(-c4ccc(N(c5ccccc5)c5ccccc5)cc4)c4nsnc34)cc21. The minimum atomic E-state index is -0.230. The van der Waals surface area contributed by atoms with Crippen molar-refractivity contribution in [3.05, 3.63) is 442 Å². The number of aromatic nitrogens is 3. The van der Waals surface area contributed by atoms with Gasteiger partial charge in [0.05, 0.1) is 22.8 Å². The van der Waals surface area contributed by atoms with E-state index < -0.39 is 0 Å². The third-order valence-electron chi connectivity index (χ3n) is 27.7. The standard InChI is InChI=1S/C125H105N5S/c1-5-9-38-86(7-3)84-125(85-87(8-4)39-10-6-2)113-77-65-97(80-110(113)109-74-64-99(83-114(109)125)108-76-75-107(123-124(108)127-131-126-123)89-60-70-105(71-61-89)129(102-54-34-18-35-55-102)103-56-36-19-37-57-103)98-67-79-116-112(82-98)111-81-96(88-58-68-104(69-59-88)128(100-50-30-16-31-51-100)101-52-32-17-33-53-101)66-78-115(111)130(116)106-72-62-95(63-73-106)122-120(93-46-26-14-27-47-93)118(91-42-22-12-23-43-91)117(90-40-20-11-21-41-90)119(92-44-24-13-25-45-92)121(122)94-48-28-15-29-49-94/h11-37,40-83,86-87H,5-10,38-39,84-85H2,1-4H3. The number of nitrogens with zero attached hydrogens (tertiary/aromatic N) is 5. The molecule has 131 heavy (non-hydrogen) atoms. The zero-order valence-corrected chi connectivity index (χ0v) is 75.7. The summed E-state index contributed by atoms with van der Waals surface area (Å²) in [5.41, 5.74) is 40.5. The van der Waals surface area contributed by atoms with Gasteiger partial charge in [0.2, 0.25) is 0 Å². The molecule has 0 saturated carbocycles. The van der Waals surface area contributed by atoms with Crippen LogP contribution in [0.4, 0.5) is 34.1 Å². The lowest BCUT2D eigenvalue weighted by Gasteiger charge is -2.39. The van der Waals surface area contributed by atoms with Crippen molar-refractivity contribution in [1.82, 2.24) is 13.3 Å². The number of benzene rings is 18. The van der Waals surface area contributed by atoms with Crippen LogP contribution in [0.15, 0.2) is 431 Å². The van der Waals surface area contributed by atoms with Gasteiger partial charge in [-0.1, -0.05) is 388 Å². The van der Waals surface area contributed by atoms with Crippen molar-refractivity contribution in [3.8, 4) is 128 Å². The molecular weight excluding hydrogens is 1600 g/mol. The zero-order valence-electron chi connectivity index (χ0n) is 74.9. The van der Waals surface area contributed by atoms with Crippen molar-refractivity contribution in [3.63, 3.8) is 0 Å². The van der Waals surface area contributed by atoms with Crippen molar-refractivity contribution in [1.29, 1.82) is 0 Å². The summed E-state index contributed by atoms with van der Waals surface area (Å²) in [6, 6.07) is 160. The number of hydrogen-bond acceptors (Lipinski definition) is 5. The van der Waals surface area contributed by atoms with Crippen LogP contribution in [-0.2, 0) is 5.41 Å². The van der Waals surface area contributed by atoms with Crippen LogP contribution in [0, 0.1) is 11.8 Å². The van der Waals surface area contributed by atoms with E-state index in [4.69, 9.17) is 8.75 Å². The van der Waals surface area contributed by atoms with Crippen molar-refractivity contribution >= 4 is 78.7 Å². The summed E-state index contributed by atoms with van der Waals surface area (Å²) in [6.45, 7) is 9.63. The van der Waals surface area contributed by atoms with Gasteiger partial charge in [-0.3, -0.25) is 0 Å². The molecule has 2 heterocycles. The summed E-state index contributed by atoms with van der Waals surface area (Å²) in [7, 11) is 0. The van der Waals surface area contributed by atoms with Crippen LogP contribution in [-0.4, -0.2) is 13.3 Å². The number of unbranched alkanes of at least 4 members (excludes halogenated alkanes) is 2. The Morgan fingerprint density at radius 1 is 0.260 bits per heavy atom. The van der Waals surface area contributed by atoms with E-state index in [2.05, 4.69) is 473 Å². The molecule has 1 aliphatic rings. The minimum Gasteiger partial charge on any atom is -0.311 e. The smallest absolute Gasteiger partial charge is 0.113 e. The molecule has 0 N–H and O–H groups in total. The number of hydrogen-bond donors (Lipinski definition) is 0. The molecule has 1 aliphatic carbocycles. The lowest BCUT2D eigenvalue weighted by Crippen LogP contribution is -2.31. The summed E-state index contributed by atoms with van der Waals surface area (Å²) in [6.07, 6.45) is 11.8.